The average Bonchev–Trinajstić information content (AvgIpc) is 2.70. The van der Waals surface area contributed by atoms with E-state index in [4.69, 9.17) is 9.97 Å². The van der Waals surface area contributed by atoms with Gasteiger partial charge in [-0.25, -0.2) is 9.97 Å². The first-order valence-corrected chi connectivity index (χ1v) is 7.67. The zero-order valence-corrected chi connectivity index (χ0v) is 15.0. The van der Waals surface area contributed by atoms with Crippen molar-refractivity contribution in [3.63, 3.8) is 0 Å². The largest absolute Gasteiger partial charge is 0.255 e. The number of aromatic nitrogens is 4. The summed E-state index contributed by atoms with van der Waals surface area (Å²) in [5.41, 5.74) is 4.99. The van der Waals surface area contributed by atoms with Gasteiger partial charge >= 0.3 is 0 Å². The van der Waals surface area contributed by atoms with Crippen LogP contribution in [-0.2, 0) is 19.5 Å². The van der Waals surface area contributed by atoms with Crippen molar-refractivity contribution < 1.29 is 19.5 Å². The van der Waals surface area contributed by atoms with E-state index >= 15 is 0 Å². The molecule has 25 heavy (non-hydrogen) atoms. The van der Waals surface area contributed by atoms with Crippen molar-refractivity contribution in [1.82, 2.24) is 19.9 Å². The molecule has 0 saturated carbocycles. The number of hydrogen-bond acceptors (Lipinski definition) is 4. The molecule has 0 N–H and O–H groups in total. The van der Waals surface area contributed by atoms with E-state index in [1.54, 1.807) is 12.4 Å². The Hall–Kier alpha value is -2.78. The smallest absolute Gasteiger partial charge is 0.0894 e. The predicted octanol–water partition coefficient (Wildman–Crippen LogP) is 4.27. The quantitative estimate of drug-likeness (QED) is 0.473. The summed E-state index contributed by atoms with van der Waals surface area (Å²) in [6.07, 6.45) is 3.53. The molecule has 0 amide bonds. The van der Waals surface area contributed by atoms with Crippen LogP contribution in [0.5, 0.6) is 0 Å². The van der Waals surface area contributed by atoms with Gasteiger partial charge in [0.25, 0.3) is 0 Å². The molecule has 0 spiro atoms. The fourth-order valence-corrected chi connectivity index (χ4v) is 2.47. The Labute approximate surface area is 158 Å². The van der Waals surface area contributed by atoms with Crippen LogP contribution in [-0.4, -0.2) is 19.9 Å². The van der Waals surface area contributed by atoms with E-state index in [1.807, 2.05) is 72.8 Å². The molecule has 4 heterocycles. The maximum atomic E-state index is 4.70. The summed E-state index contributed by atoms with van der Waals surface area (Å²) in [6, 6.07) is 23.4. The molecular weight excluding hydrogens is 397 g/mol. The van der Waals surface area contributed by atoms with E-state index < -0.39 is 0 Å². The van der Waals surface area contributed by atoms with Crippen LogP contribution in [0.3, 0.4) is 0 Å². The Morgan fingerprint density at radius 3 is 1.12 bits per heavy atom. The van der Waals surface area contributed by atoms with Crippen LogP contribution in [0.1, 0.15) is 0 Å². The minimum atomic E-state index is 0. The molecule has 0 aliphatic heterocycles. The van der Waals surface area contributed by atoms with Crippen molar-refractivity contribution in [1.29, 1.82) is 0 Å². The van der Waals surface area contributed by atoms with Gasteiger partial charge in [-0.15, -0.1) is 0 Å². The second kappa shape index (κ2) is 7.86. The number of rotatable bonds is 3. The minimum Gasteiger partial charge on any atom is -0.255 e. The van der Waals surface area contributed by atoms with Crippen LogP contribution in [0.25, 0.3) is 34.2 Å². The van der Waals surface area contributed by atoms with Gasteiger partial charge < -0.3 is 0 Å². The van der Waals surface area contributed by atoms with Crippen molar-refractivity contribution in [2.45, 2.75) is 0 Å². The first-order chi connectivity index (χ1) is 11.9. The Bertz CT molecular complexity index is 878. The summed E-state index contributed by atoms with van der Waals surface area (Å²) in [5, 5.41) is 0. The van der Waals surface area contributed by atoms with Crippen molar-refractivity contribution in [2.75, 3.05) is 0 Å². The third-order valence-corrected chi connectivity index (χ3v) is 3.62. The minimum absolute atomic E-state index is 0. The second-order valence-electron chi connectivity index (χ2n) is 5.25. The second-order valence-corrected chi connectivity index (χ2v) is 5.25. The van der Waals surface area contributed by atoms with E-state index in [0.29, 0.717) is 0 Å². The molecule has 0 aliphatic carbocycles. The summed E-state index contributed by atoms with van der Waals surface area (Å²) in [4.78, 5) is 18.1. The molecule has 4 aromatic rings. The fourth-order valence-electron chi connectivity index (χ4n) is 2.47. The van der Waals surface area contributed by atoms with Crippen LogP contribution in [0.2, 0.25) is 0 Å². The molecule has 0 atom stereocenters. The Morgan fingerprint density at radius 1 is 0.400 bits per heavy atom. The molecule has 0 aliphatic rings. The van der Waals surface area contributed by atoms with Gasteiger partial charge in [0.2, 0.25) is 0 Å². The van der Waals surface area contributed by atoms with E-state index in [0.717, 1.165) is 34.2 Å². The van der Waals surface area contributed by atoms with E-state index in [1.165, 1.54) is 0 Å². The number of hydrogen-bond donors (Lipinski definition) is 0. The molecule has 4 nitrogen and oxygen atoms in total. The third kappa shape index (κ3) is 3.83. The molecule has 0 aromatic carbocycles. The van der Waals surface area contributed by atoms with Crippen LogP contribution < -0.4 is 0 Å². The molecule has 5 heteroatoms. The van der Waals surface area contributed by atoms with Crippen molar-refractivity contribution in [3.8, 4) is 34.2 Å². The number of nitrogens with zero attached hydrogens (tertiary/aromatic N) is 4. The monoisotopic (exact) mass is 412 g/mol. The standard InChI is InChI=1S/C20H14N4.Ru/c1-3-13-21-15(7-1)17-9-5-11-19(23-17)20-12-6-10-18(24-20)16-8-2-4-14-22-16;/h1-14H;. The topological polar surface area (TPSA) is 51.6 Å². The average molecular weight is 411 g/mol. The zero-order chi connectivity index (χ0) is 16.2. The molecule has 0 bridgehead atoms. The maximum Gasteiger partial charge on any atom is 0.0894 e. The Balaban J connectivity index is 0.00000182. The van der Waals surface area contributed by atoms with Crippen molar-refractivity contribution in [3.05, 3.63) is 85.2 Å². The number of pyridine rings is 4. The molecule has 4 rings (SSSR count). The molecule has 0 fully saturated rings. The van der Waals surface area contributed by atoms with Crippen LogP contribution >= 0.6 is 0 Å². The van der Waals surface area contributed by atoms with Crippen molar-refractivity contribution in [2.24, 2.45) is 0 Å². The molecule has 122 valence electrons. The summed E-state index contributed by atoms with van der Waals surface area (Å²) < 4.78 is 0. The summed E-state index contributed by atoms with van der Waals surface area (Å²) >= 11 is 0. The summed E-state index contributed by atoms with van der Waals surface area (Å²) in [6.45, 7) is 0. The van der Waals surface area contributed by atoms with Crippen LogP contribution in [0, 0.1) is 0 Å². The van der Waals surface area contributed by atoms with Gasteiger partial charge in [0.05, 0.1) is 34.2 Å². The van der Waals surface area contributed by atoms with Gasteiger partial charge in [-0.3, -0.25) is 9.97 Å². The molecule has 0 unspecified atom stereocenters. The van der Waals surface area contributed by atoms with Gasteiger partial charge in [0.1, 0.15) is 0 Å². The first kappa shape index (κ1) is 17.1. The van der Waals surface area contributed by atoms with E-state index in [-0.39, 0.29) is 19.5 Å². The Kier molecular flexibility index (Phi) is 5.37. The summed E-state index contributed by atoms with van der Waals surface area (Å²) in [7, 11) is 0. The van der Waals surface area contributed by atoms with E-state index in [9.17, 15) is 0 Å². The molecule has 0 radical (unpaired) electrons. The molecule has 0 saturated heterocycles. The third-order valence-electron chi connectivity index (χ3n) is 3.62. The van der Waals surface area contributed by atoms with Gasteiger partial charge in [-0.1, -0.05) is 24.3 Å². The SMILES string of the molecule is [Ru].c1ccc(-c2cccc(-c3cccc(-c4ccccn4)n3)n2)nc1. The van der Waals surface area contributed by atoms with Crippen molar-refractivity contribution >= 4 is 0 Å². The Morgan fingerprint density at radius 2 is 0.760 bits per heavy atom. The van der Waals surface area contributed by atoms with Crippen LogP contribution in [0.4, 0.5) is 0 Å². The van der Waals surface area contributed by atoms with Gasteiger partial charge in [-0.05, 0) is 48.5 Å². The van der Waals surface area contributed by atoms with Gasteiger partial charge in [0.15, 0.2) is 0 Å². The maximum absolute atomic E-state index is 4.70. The predicted molar refractivity (Wildman–Crippen MR) is 93.9 cm³/mol. The van der Waals surface area contributed by atoms with E-state index in [2.05, 4.69) is 9.97 Å². The molecular formula is C20H14N4Ru. The van der Waals surface area contributed by atoms with Crippen LogP contribution in [0.15, 0.2) is 85.2 Å². The first-order valence-electron chi connectivity index (χ1n) is 7.67. The van der Waals surface area contributed by atoms with Gasteiger partial charge in [0, 0.05) is 31.9 Å². The summed E-state index contributed by atoms with van der Waals surface area (Å²) in [5.74, 6) is 0. The van der Waals surface area contributed by atoms with Gasteiger partial charge in [-0.2, -0.15) is 0 Å². The normalized spacial score (nSPS) is 10.1. The molecule has 4 aromatic heterocycles. The fraction of sp³-hybridized carbons (Fsp3) is 0. The zero-order valence-electron chi connectivity index (χ0n) is 13.2.